The van der Waals surface area contributed by atoms with Gasteiger partial charge in [-0.2, -0.15) is 0 Å². The lowest BCUT2D eigenvalue weighted by molar-refractivity contribution is 0.0696. The van der Waals surface area contributed by atoms with Crippen molar-refractivity contribution >= 4 is 61.9 Å². The van der Waals surface area contributed by atoms with Gasteiger partial charge in [0.1, 0.15) is 9.77 Å². The number of morpholine rings is 1. The third kappa shape index (κ3) is 5.43. The molecule has 1 saturated heterocycles. The molecule has 2 aromatic carbocycles. The van der Waals surface area contributed by atoms with Crippen molar-refractivity contribution in [3.8, 4) is 0 Å². The molecule has 0 bridgehead atoms. The van der Waals surface area contributed by atoms with Gasteiger partial charge in [-0.15, -0.1) is 11.3 Å². The summed E-state index contributed by atoms with van der Waals surface area (Å²) in [5.74, 6) is -1.86. The molecule has 2 N–H and O–H groups in total. The van der Waals surface area contributed by atoms with E-state index in [1.165, 1.54) is 37.4 Å². The van der Waals surface area contributed by atoms with Crippen LogP contribution in [0.2, 0.25) is 4.34 Å². The molecule has 9 nitrogen and oxygen atoms in total. The second-order valence-electron chi connectivity index (χ2n) is 7.67. The summed E-state index contributed by atoms with van der Waals surface area (Å²) in [5, 5.41) is 11.7. The Balaban J connectivity index is 1.58. The normalized spacial score (nSPS) is 13.9. The van der Waals surface area contributed by atoms with Crippen LogP contribution in [0.25, 0.3) is 0 Å². The number of hydrogen-bond acceptors (Lipinski definition) is 7. The number of carbonyl (C=O) groups is 2. The van der Waals surface area contributed by atoms with Crippen molar-refractivity contribution in [2.45, 2.75) is 4.90 Å². The third-order valence-corrected chi connectivity index (χ3v) is 8.67. The molecule has 0 aliphatic carbocycles. The molecule has 1 aromatic heterocycles. The number of thiophene rings is 1. The van der Waals surface area contributed by atoms with Gasteiger partial charge in [-0.25, -0.2) is 13.2 Å². The predicted octanol–water partition coefficient (Wildman–Crippen LogP) is 4.01. The number of carboxylic acid groups (broad SMARTS) is 1. The van der Waals surface area contributed by atoms with Gasteiger partial charge in [-0.1, -0.05) is 17.7 Å². The van der Waals surface area contributed by atoms with E-state index in [1.807, 2.05) is 12.1 Å². The summed E-state index contributed by atoms with van der Waals surface area (Å²) in [6, 6.07) is 14.0. The van der Waals surface area contributed by atoms with E-state index in [2.05, 4.69) is 10.2 Å². The molecule has 3 aromatic rings. The van der Waals surface area contributed by atoms with E-state index in [9.17, 15) is 18.0 Å². The van der Waals surface area contributed by atoms with E-state index >= 15 is 0 Å². The van der Waals surface area contributed by atoms with Crippen molar-refractivity contribution in [2.75, 3.05) is 47.9 Å². The second kappa shape index (κ2) is 10.2. The van der Waals surface area contributed by atoms with E-state index in [4.69, 9.17) is 21.4 Å². The number of nitrogens with zero attached hydrogens (tertiary/aromatic N) is 2. The first kappa shape index (κ1) is 25.0. The average Bonchev–Trinajstić information content (AvgIpc) is 3.27. The maximum absolute atomic E-state index is 13.4. The van der Waals surface area contributed by atoms with Gasteiger partial charge in [0.25, 0.3) is 15.9 Å². The number of hydrogen-bond donors (Lipinski definition) is 2. The van der Waals surface area contributed by atoms with Gasteiger partial charge in [-0.3, -0.25) is 9.10 Å². The average molecular weight is 536 g/mol. The van der Waals surface area contributed by atoms with E-state index in [0.717, 1.165) is 34.4 Å². The Morgan fingerprint density at radius 3 is 2.46 bits per heavy atom. The number of benzene rings is 2. The number of carboxylic acids is 1. The summed E-state index contributed by atoms with van der Waals surface area (Å²) in [4.78, 5) is 26.0. The second-order valence-corrected chi connectivity index (χ2v) is 11.3. The van der Waals surface area contributed by atoms with E-state index in [-0.39, 0.29) is 25.4 Å². The van der Waals surface area contributed by atoms with Gasteiger partial charge in [0.05, 0.1) is 28.8 Å². The number of aromatic carboxylic acids is 1. The highest BCUT2D eigenvalue weighted by Gasteiger charge is 2.30. The first-order valence-electron chi connectivity index (χ1n) is 10.5. The fourth-order valence-electron chi connectivity index (χ4n) is 3.59. The Morgan fingerprint density at radius 2 is 1.80 bits per heavy atom. The molecule has 1 aliphatic rings. The van der Waals surface area contributed by atoms with E-state index in [0.29, 0.717) is 18.9 Å². The number of sulfonamides is 1. The number of ether oxygens (including phenoxy) is 1. The van der Waals surface area contributed by atoms with Gasteiger partial charge in [0.2, 0.25) is 0 Å². The van der Waals surface area contributed by atoms with Crippen LogP contribution in [0, 0.1) is 0 Å². The summed E-state index contributed by atoms with van der Waals surface area (Å²) in [6.45, 7) is 2.80. The van der Waals surface area contributed by atoms with Gasteiger partial charge in [0, 0.05) is 31.5 Å². The Morgan fingerprint density at radius 1 is 1.11 bits per heavy atom. The van der Waals surface area contributed by atoms with Gasteiger partial charge in [0.15, 0.2) is 0 Å². The van der Waals surface area contributed by atoms with Crippen molar-refractivity contribution in [2.24, 2.45) is 0 Å². The number of nitrogens with one attached hydrogen (secondary N) is 1. The van der Waals surface area contributed by atoms with Crippen LogP contribution in [0.4, 0.5) is 17.1 Å². The quantitative estimate of drug-likeness (QED) is 0.469. The lowest BCUT2D eigenvalue weighted by atomic mass is 10.2. The van der Waals surface area contributed by atoms with Crippen LogP contribution in [-0.2, 0) is 14.8 Å². The number of rotatable bonds is 7. The van der Waals surface area contributed by atoms with Crippen molar-refractivity contribution in [1.29, 1.82) is 0 Å². The number of amides is 1. The molecule has 0 radical (unpaired) electrons. The molecule has 184 valence electrons. The molecule has 1 aliphatic heterocycles. The van der Waals surface area contributed by atoms with Crippen molar-refractivity contribution < 1.29 is 27.9 Å². The molecule has 12 heteroatoms. The Kier molecular flexibility index (Phi) is 7.31. The molecular formula is C23H22ClN3O6S2. The summed E-state index contributed by atoms with van der Waals surface area (Å²) < 4.78 is 33.5. The van der Waals surface area contributed by atoms with Gasteiger partial charge < -0.3 is 20.1 Å². The Hall–Kier alpha value is -3.12. The van der Waals surface area contributed by atoms with Gasteiger partial charge in [-0.05, 0) is 48.5 Å². The SMILES string of the molecule is CN(c1ccc(N2CCOCC2)cc1)S(=O)(=O)c1cc(Cl)sc1C(=O)Nc1cccc(C(=O)O)c1. The van der Waals surface area contributed by atoms with Crippen molar-refractivity contribution in [3.63, 3.8) is 0 Å². The minimum atomic E-state index is -4.13. The van der Waals surface area contributed by atoms with Gasteiger partial charge >= 0.3 is 5.97 Å². The van der Waals surface area contributed by atoms with E-state index in [1.54, 1.807) is 12.1 Å². The zero-order valence-corrected chi connectivity index (χ0v) is 21.0. The third-order valence-electron chi connectivity index (χ3n) is 5.47. The maximum Gasteiger partial charge on any atom is 0.335 e. The Bertz CT molecular complexity index is 1350. The fourth-order valence-corrected chi connectivity index (χ4v) is 6.48. The number of carbonyl (C=O) groups excluding carboxylic acids is 1. The van der Waals surface area contributed by atoms with Crippen LogP contribution in [0.1, 0.15) is 20.0 Å². The molecule has 0 unspecified atom stereocenters. The van der Waals surface area contributed by atoms with Crippen molar-refractivity contribution in [3.05, 3.63) is 69.4 Å². The fraction of sp³-hybridized carbons (Fsp3) is 0.217. The summed E-state index contributed by atoms with van der Waals surface area (Å²) in [6.07, 6.45) is 0. The molecule has 35 heavy (non-hydrogen) atoms. The monoisotopic (exact) mass is 535 g/mol. The summed E-state index contributed by atoms with van der Waals surface area (Å²) >= 11 is 6.93. The highest BCUT2D eigenvalue weighted by molar-refractivity contribution is 7.93. The topological polar surface area (TPSA) is 116 Å². The predicted molar refractivity (Wildman–Crippen MR) is 136 cm³/mol. The molecule has 0 atom stereocenters. The minimum absolute atomic E-state index is 0.0138. The molecule has 2 heterocycles. The maximum atomic E-state index is 13.4. The zero-order chi connectivity index (χ0) is 25.2. The zero-order valence-electron chi connectivity index (χ0n) is 18.6. The lowest BCUT2D eigenvalue weighted by Gasteiger charge is -2.29. The van der Waals surface area contributed by atoms with Crippen LogP contribution in [0.3, 0.4) is 0 Å². The lowest BCUT2D eigenvalue weighted by Crippen LogP contribution is -2.36. The Labute approximate surface area is 211 Å². The standard InChI is InChI=1S/C23H22ClN3O6S2/c1-26(17-5-7-18(8-6-17)27-9-11-33-12-10-27)35(31,32)19-14-20(24)34-21(19)22(28)25-16-4-2-3-15(13-16)23(29)30/h2-8,13-14H,9-12H2,1H3,(H,25,28)(H,29,30). The molecule has 0 saturated carbocycles. The molecule has 0 spiro atoms. The largest absolute Gasteiger partial charge is 0.478 e. The molecule has 1 amide bonds. The van der Waals surface area contributed by atoms with E-state index < -0.39 is 21.9 Å². The number of halogens is 1. The first-order chi connectivity index (χ1) is 16.7. The van der Waals surface area contributed by atoms with Crippen LogP contribution < -0.4 is 14.5 Å². The number of anilines is 3. The minimum Gasteiger partial charge on any atom is -0.478 e. The van der Waals surface area contributed by atoms with Crippen LogP contribution in [0.5, 0.6) is 0 Å². The molecule has 1 fully saturated rings. The first-order valence-corrected chi connectivity index (χ1v) is 13.2. The molecule has 4 rings (SSSR count). The smallest absolute Gasteiger partial charge is 0.335 e. The van der Waals surface area contributed by atoms with Crippen LogP contribution >= 0.6 is 22.9 Å². The van der Waals surface area contributed by atoms with Crippen LogP contribution in [-0.4, -0.2) is 58.8 Å². The summed E-state index contributed by atoms with van der Waals surface area (Å²) in [7, 11) is -2.72. The highest BCUT2D eigenvalue weighted by Crippen LogP contribution is 2.34. The summed E-state index contributed by atoms with van der Waals surface area (Å²) in [5.41, 5.74) is 1.59. The van der Waals surface area contributed by atoms with Crippen molar-refractivity contribution in [1.82, 2.24) is 0 Å². The molecular weight excluding hydrogens is 514 g/mol. The van der Waals surface area contributed by atoms with Crippen LogP contribution in [0.15, 0.2) is 59.5 Å². The highest BCUT2D eigenvalue weighted by atomic mass is 35.5.